The number of aromatic nitrogens is 1. The number of aryl methyl sites for hydroxylation is 1. The first-order chi connectivity index (χ1) is 28.4. The summed E-state index contributed by atoms with van der Waals surface area (Å²) in [6.07, 6.45) is 0.677. The van der Waals surface area contributed by atoms with Gasteiger partial charge in [0.05, 0.1) is 13.2 Å². The highest BCUT2D eigenvalue weighted by molar-refractivity contribution is 7.91. The number of halogens is 3. The van der Waals surface area contributed by atoms with Gasteiger partial charge in [0.2, 0.25) is 33.6 Å². The molecule has 1 aromatic heterocycles. The Bertz CT molecular complexity index is 2170. The number of amides is 4. The van der Waals surface area contributed by atoms with Gasteiger partial charge in [0, 0.05) is 23.3 Å². The van der Waals surface area contributed by atoms with Gasteiger partial charge >= 0.3 is 6.09 Å². The molecule has 4 heterocycles. The molecule has 3 N–H and O–H groups in total. The Morgan fingerprint density at radius 2 is 1.90 bits per heavy atom. The molecule has 0 spiro atoms. The van der Waals surface area contributed by atoms with Crippen molar-refractivity contribution in [2.75, 3.05) is 19.8 Å². The Morgan fingerprint density at radius 1 is 1.18 bits per heavy atom. The van der Waals surface area contributed by atoms with Crippen LogP contribution in [0.25, 0.3) is 10.8 Å². The zero-order valence-corrected chi connectivity index (χ0v) is 35.1. The number of hydrogen-bond acceptors (Lipinski definition) is 9. The minimum Gasteiger partial charge on any atom is -0.477 e. The van der Waals surface area contributed by atoms with Crippen LogP contribution >= 0.6 is 0 Å². The Labute approximate surface area is 347 Å². The molecule has 7 rings (SSSR count). The molecule has 1 aromatic carbocycles. The van der Waals surface area contributed by atoms with Crippen LogP contribution in [0.2, 0.25) is 0 Å². The molecule has 7 atom stereocenters. The molecule has 0 bridgehead atoms. The quantitative estimate of drug-likeness (QED) is 0.257. The standard InChI is InChI=1S/C42H54F3N5O9S/c1-5-25-19-24(2)11-6-7-12-26-21-42(26,38(53)48-60(56,57)41(23-43)16-17-41)47-33(51)31-20-27(22-49(31)36(52)32(25)50(39(54)55)40(3,4)37(44)45)59-35-30-14-9-8-13-28(30)29-15-10-18-58-34(29)46-35/h7-9,12-14,24-27,31-32,37H,5-6,10-11,15-23H2,1-4H3,(H,47,51)(H,48,53)(H,54,55)/t24-,25-,26-,27-,31+,32+,42-/m1/s1. The second-order valence-electron chi connectivity index (χ2n) is 17.8. The summed E-state index contributed by atoms with van der Waals surface area (Å²) in [6.45, 7) is 4.77. The first-order valence-electron chi connectivity index (χ1n) is 20.8. The topological polar surface area (TPSA) is 185 Å². The van der Waals surface area contributed by atoms with Crippen molar-refractivity contribution in [3.8, 4) is 11.8 Å². The van der Waals surface area contributed by atoms with Gasteiger partial charge in [-0.15, -0.1) is 0 Å². The number of benzene rings is 1. The first kappa shape index (κ1) is 43.5. The predicted octanol–water partition coefficient (Wildman–Crippen LogP) is 5.53. The monoisotopic (exact) mass is 861 g/mol. The summed E-state index contributed by atoms with van der Waals surface area (Å²) >= 11 is 0. The van der Waals surface area contributed by atoms with Gasteiger partial charge in [-0.2, -0.15) is 4.98 Å². The van der Waals surface area contributed by atoms with Crippen molar-refractivity contribution in [2.24, 2.45) is 17.8 Å². The number of allylic oxidation sites excluding steroid dienone is 1. The lowest BCUT2D eigenvalue weighted by atomic mass is 9.82. The second-order valence-corrected chi connectivity index (χ2v) is 19.8. The zero-order chi connectivity index (χ0) is 43.4. The number of nitrogens with zero attached hydrogens (tertiary/aromatic N) is 3. The summed E-state index contributed by atoms with van der Waals surface area (Å²) in [5.41, 5.74) is -3.20. The number of fused-ring (bicyclic) bond motifs is 5. The lowest BCUT2D eigenvalue weighted by molar-refractivity contribution is -0.149. The molecule has 5 aliphatic rings. The maximum atomic E-state index is 15.2. The van der Waals surface area contributed by atoms with Crippen molar-refractivity contribution in [1.29, 1.82) is 0 Å². The van der Waals surface area contributed by atoms with E-state index in [1.54, 1.807) is 13.0 Å². The van der Waals surface area contributed by atoms with Gasteiger partial charge in [0.25, 0.3) is 12.3 Å². The molecule has 4 amide bonds. The largest absolute Gasteiger partial charge is 0.477 e. The maximum absolute atomic E-state index is 15.2. The highest BCUT2D eigenvalue weighted by Gasteiger charge is 2.64. The van der Waals surface area contributed by atoms with E-state index < -0.39 is 92.8 Å². The SMILES string of the molecule is CC[C@@H]1C[C@H](C)CCC=C[C@@H]2C[C@@]2(C(=O)NS(=O)(=O)C2(CF)CC2)NC(=O)[C@@H]2C[C@@H](Oc3nc4c(c5ccccc35)CCCO4)CN2C(=O)[C@H]1N(C(=O)O)C(C)(C)C(F)F. The predicted molar refractivity (Wildman–Crippen MR) is 214 cm³/mol. The molecule has 3 aliphatic heterocycles. The molecule has 0 unspecified atom stereocenters. The molecule has 60 heavy (non-hydrogen) atoms. The molecule has 2 aromatic rings. The third kappa shape index (κ3) is 7.88. The van der Waals surface area contributed by atoms with Crippen LogP contribution in [0.15, 0.2) is 36.4 Å². The smallest absolute Gasteiger partial charge is 0.408 e. The van der Waals surface area contributed by atoms with E-state index in [4.69, 9.17) is 14.5 Å². The molecule has 18 heteroatoms. The molecular weight excluding hydrogens is 808 g/mol. The molecule has 328 valence electrons. The number of sulfonamides is 1. The van der Waals surface area contributed by atoms with E-state index in [0.717, 1.165) is 42.5 Å². The van der Waals surface area contributed by atoms with E-state index in [-0.39, 0.29) is 50.4 Å². The summed E-state index contributed by atoms with van der Waals surface area (Å²) in [7, 11) is -4.47. The fourth-order valence-corrected chi connectivity index (χ4v) is 10.6. The number of alkyl halides is 3. The van der Waals surface area contributed by atoms with Crippen molar-refractivity contribution in [3.63, 3.8) is 0 Å². The highest BCUT2D eigenvalue weighted by Crippen LogP contribution is 2.48. The van der Waals surface area contributed by atoms with Crippen LogP contribution in [0.1, 0.15) is 91.0 Å². The van der Waals surface area contributed by atoms with Gasteiger partial charge in [-0.1, -0.05) is 50.6 Å². The Kier molecular flexibility index (Phi) is 11.8. The lowest BCUT2D eigenvalue weighted by Gasteiger charge is -2.45. The van der Waals surface area contributed by atoms with Crippen LogP contribution in [0.4, 0.5) is 18.0 Å². The second kappa shape index (κ2) is 16.3. The van der Waals surface area contributed by atoms with E-state index in [1.165, 1.54) is 0 Å². The van der Waals surface area contributed by atoms with Crippen LogP contribution < -0.4 is 19.5 Å². The average Bonchev–Trinajstić information content (AvgIpc) is 4.11. The highest BCUT2D eigenvalue weighted by atomic mass is 32.2. The molecule has 14 nitrogen and oxygen atoms in total. The van der Waals surface area contributed by atoms with Crippen molar-refractivity contribution < 1.29 is 55.3 Å². The number of carbonyl (C=O) groups is 4. The number of rotatable bonds is 10. The number of nitrogens with one attached hydrogen (secondary N) is 2. The van der Waals surface area contributed by atoms with Crippen LogP contribution in [0.5, 0.6) is 11.8 Å². The Balaban J connectivity index is 1.30. The summed E-state index contributed by atoms with van der Waals surface area (Å²) in [6, 6.07) is 4.34. The minimum absolute atomic E-state index is 0.0102. The summed E-state index contributed by atoms with van der Waals surface area (Å²) in [5.74, 6) is -3.74. The molecule has 0 radical (unpaired) electrons. The van der Waals surface area contributed by atoms with E-state index in [2.05, 4.69) is 5.32 Å². The van der Waals surface area contributed by atoms with Crippen LogP contribution in [-0.4, -0.2) is 112 Å². The van der Waals surface area contributed by atoms with Crippen molar-refractivity contribution in [2.45, 2.75) is 132 Å². The molecular formula is C42H54F3N5O9S. The third-order valence-electron chi connectivity index (χ3n) is 13.3. The third-order valence-corrected chi connectivity index (χ3v) is 15.4. The zero-order valence-electron chi connectivity index (χ0n) is 34.3. The average molecular weight is 862 g/mol. The Morgan fingerprint density at radius 3 is 2.55 bits per heavy atom. The fraction of sp³-hybridized carbons (Fsp3) is 0.643. The van der Waals surface area contributed by atoms with Crippen LogP contribution in [0.3, 0.4) is 0 Å². The first-order valence-corrected chi connectivity index (χ1v) is 22.3. The Hall–Kier alpha value is -4.61. The number of hydrogen-bond donors (Lipinski definition) is 3. The molecule has 1 saturated heterocycles. The molecule has 3 fully saturated rings. The van der Waals surface area contributed by atoms with Gasteiger partial charge in [-0.25, -0.2) is 26.4 Å². The summed E-state index contributed by atoms with van der Waals surface area (Å²) in [5, 5.41) is 14.9. The van der Waals surface area contributed by atoms with Crippen molar-refractivity contribution in [3.05, 3.63) is 42.0 Å². The van der Waals surface area contributed by atoms with E-state index in [0.29, 0.717) is 42.0 Å². The number of carbonyl (C=O) groups excluding carboxylic acids is 3. The van der Waals surface area contributed by atoms with Gasteiger partial charge < -0.3 is 24.8 Å². The van der Waals surface area contributed by atoms with Crippen molar-refractivity contribution >= 4 is 44.6 Å². The lowest BCUT2D eigenvalue weighted by Crippen LogP contribution is -2.65. The minimum atomic E-state index is -4.47. The van der Waals surface area contributed by atoms with Gasteiger partial charge in [0.1, 0.15) is 40.7 Å². The fourth-order valence-electron chi connectivity index (χ4n) is 9.21. The number of ether oxygens (including phenoxy) is 2. The maximum Gasteiger partial charge on any atom is 0.408 e. The van der Waals surface area contributed by atoms with E-state index in [9.17, 15) is 41.1 Å². The number of pyridine rings is 1. The normalized spacial score (nSPS) is 29.2. The van der Waals surface area contributed by atoms with E-state index >= 15 is 4.79 Å². The van der Waals surface area contributed by atoms with Gasteiger partial charge in [-0.05, 0) is 88.5 Å². The van der Waals surface area contributed by atoms with E-state index in [1.807, 2.05) is 42.0 Å². The van der Waals surface area contributed by atoms with Crippen LogP contribution in [0, 0.1) is 17.8 Å². The van der Waals surface area contributed by atoms with Gasteiger partial charge in [-0.3, -0.25) is 24.0 Å². The summed E-state index contributed by atoms with van der Waals surface area (Å²) < 4.78 is 82.8. The van der Waals surface area contributed by atoms with Crippen molar-refractivity contribution in [1.82, 2.24) is 24.8 Å². The summed E-state index contributed by atoms with van der Waals surface area (Å²) in [4.78, 5) is 63.4. The molecule has 2 aliphatic carbocycles. The number of carboxylic acid groups (broad SMARTS) is 1. The molecule has 2 saturated carbocycles. The van der Waals surface area contributed by atoms with Gasteiger partial charge in [0.15, 0.2) is 0 Å². The van der Waals surface area contributed by atoms with Crippen LogP contribution in [-0.2, 0) is 30.8 Å².